The summed E-state index contributed by atoms with van der Waals surface area (Å²) in [5.41, 5.74) is 3.97. The summed E-state index contributed by atoms with van der Waals surface area (Å²) in [6.45, 7) is 9.21. The maximum Gasteiger partial charge on any atom is 0.133 e. The van der Waals surface area contributed by atoms with E-state index in [-0.39, 0.29) is 0 Å². The monoisotopic (exact) mass is 263 g/mol. The third-order valence-corrected chi connectivity index (χ3v) is 3.66. The van der Waals surface area contributed by atoms with E-state index < -0.39 is 0 Å². The molecule has 0 N–H and O–H groups in total. The zero-order valence-corrected chi connectivity index (χ0v) is 12.4. The molecule has 2 nitrogen and oxygen atoms in total. The molecule has 0 fully saturated rings. The van der Waals surface area contributed by atoms with Crippen LogP contribution in [0.15, 0.2) is 12.1 Å². The Morgan fingerprint density at radius 3 is 2.44 bits per heavy atom. The minimum Gasteiger partial charge on any atom is -0.494 e. The molecule has 18 heavy (non-hydrogen) atoms. The Kier molecular flexibility index (Phi) is 6.07. The molecule has 0 amide bonds. The van der Waals surface area contributed by atoms with Crippen LogP contribution in [-0.4, -0.2) is 12.4 Å². The highest BCUT2D eigenvalue weighted by molar-refractivity contribution is 8.03. The lowest BCUT2D eigenvalue weighted by molar-refractivity contribution is 0.339. The van der Waals surface area contributed by atoms with Crippen molar-refractivity contribution in [3.05, 3.63) is 28.8 Å². The molecular formula is C15H21NOS. The first-order valence-corrected chi connectivity index (χ1v) is 7.33. The first-order valence-electron chi connectivity index (χ1n) is 6.35. The second-order valence-corrected chi connectivity index (χ2v) is 5.41. The van der Waals surface area contributed by atoms with E-state index >= 15 is 0 Å². The Labute approximate surface area is 114 Å². The summed E-state index contributed by atoms with van der Waals surface area (Å²) >= 11 is 1.33. The molecule has 0 bridgehead atoms. The number of rotatable bonds is 6. The van der Waals surface area contributed by atoms with E-state index in [0.717, 1.165) is 17.9 Å². The van der Waals surface area contributed by atoms with Gasteiger partial charge in [-0.05, 0) is 73.7 Å². The van der Waals surface area contributed by atoms with Gasteiger partial charge in [-0.2, -0.15) is 5.26 Å². The van der Waals surface area contributed by atoms with Gasteiger partial charge in [0.15, 0.2) is 0 Å². The van der Waals surface area contributed by atoms with Gasteiger partial charge in [-0.15, -0.1) is 0 Å². The van der Waals surface area contributed by atoms with Crippen molar-refractivity contribution in [3.63, 3.8) is 0 Å². The molecule has 0 radical (unpaired) electrons. The minimum atomic E-state index is 0.488. The number of nitriles is 1. The molecule has 1 rings (SSSR count). The summed E-state index contributed by atoms with van der Waals surface area (Å²) in [4.78, 5) is 0. The van der Waals surface area contributed by atoms with Gasteiger partial charge in [-0.25, -0.2) is 0 Å². The zero-order chi connectivity index (χ0) is 13.5. The van der Waals surface area contributed by atoms with Crippen LogP contribution >= 0.6 is 11.8 Å². The van der Waals surface area contributed by atoms with Crippen LogP contribution in [0.1, 0.15) is 42.9 Å². The Morgan fingerprint density at radius 2 is 1.94 bits per heavy atom. The summed E-state index contributed by atoms with van der Waals surface area (Å²) in [5, 5.41) is 10.7. The van der Waals surface area contributed by atoms with E-state index in [1.165, 1.54) is 28.5 Å². The molecule has 0 saturated heterocycles. The van der Waals surface area contributed by atoms with Crippen LogP contribution in [0.3, 0.4) is 0 Å². The SMILES string of the molecule is CCOc1cc(C)c(C(C)CCSC#N)c(C)c1. The van der Waals surface area contributed by atoms with Crippen molar-refractivity contribution < 1.29 is 4.74 Å². The van der Waals surface area contributed by atoms with Gasteiger partial charge in [-0.3, -0.25) is 0 Å². The number of thiocyanates is 1. The van der Waals surface area contributed by atoms with Crippen molar-refractivity contribution in [1.29, 1.82) is 5.26 Å². The van der Waals surface area contributed by atoms with Crippen LogP contribution < -0.4 is 4.74 Å². The van der Waals surface area contributed by atoms with Crippen LogP contribution in [0.25, 0.3) is 0 Å². The van der Waals surface area contributed by atoms with Gasteiger partial charge in [0.1, 0.15) is 11.2 Å². The second-order valence-electron chi connectivity index (χ2n) is 4.53. The van der Waals surface area contributed by atoms with Crippen LogP contribution in [0, 0.1) is 24.5 Å². The lowest BCUT2D eigenvalue weighted by atomic mass is 9.90. The standard InChI is InChI=1S/C15H21NOS/c1-5-17-14-8-12(3)15(13(4)9-14)11(2)6-7-18-10-16/h8-9,11H,5-7H2,1-4H3. The predicted molar refractivity (Wildman–Crippen MR) is 78.2 cm³/mol. The average Bonchev–Trinajstić information content (AvgIpc) is 2.28. The number of hydrogen-bond acceptors (Lipinski definition) is 3. The van der Waals surface area contributed by atoms with Crippen LogP contribution in [0.2, 0.25) is 0 Å². The number of aryl methyl sites for hydroxylation is 2. The molecule has 0 aliphatic carbocycles. The highest BCUT2D eigenvalue weighted by atomic mass is 32.2. The summed E-state index contributed by atoms with van der Waals surface area (Å²) in [6, 6.07) is 4.22. The van der Waals surface area contributed by atoms with Gasteiger partial charge in [-0.1, -0.05) is 6.92 Å². The first kappa shape index (κ1) is 14.9. The Morgan fingerprint density at radius 1 is 1.33 bits per heavy atom. The van der Waals surface area contributed by atoms with Crippen molar-refractivity contribution in [1.82, 2.24) is 0 Å². The van der Waals surface area contributed by atoms with Gasteiger partial charge < -0.3 is 4.74 Å². The molecular weight excluding hydrogens is 242 g/mol. The Balaban J connectivity index is 2.85. The van der Waals surface area contributed by atoms with E-state index in [1.807, 2.05) is 6.92 Å². The van der Waals surface area contributed by atoms with E-state index in [0.29, 0.717) is 12.5 Å². The maximum atomic E-state index is 8.55. The molecule has 0 aliphatic heterocycles. The van der Waals surface area contributed by atoms with E-state index in [2.05, 4.69) is 38.3 Å². The van der Waals surface area contributed by atoms with Crippen LogP contribution in [0.5, 0.6) is 5.75 Å². The second kappa shape index (κ2) is 7.33. The fourth-order valence-electron chi connectivity index (χ4n) is 2.39. The predicted octanol–water partition coefficient (Wildman–Crippen LogP) is 4.41. The first-order chi connectivity index (χ1) is 8.60. The van der Waals surface area contributed by atoms with Crippen molar-refractivity contribution in [2.75, 3.05) is 12.4 Å². The molecule has 0 aliphatic rings. The molecule has 0 aromatic heterocycles. The normalized spacial score (nSPS) is 11.9. The number of hydrogen-bond donors (Lipinski definition) is 0. The third-order valence-electron chi connectivity index (χ3n) is 3.09. The van der Waals surface area contributed by atoms with E-state index in [1.54, 1.807) is 0 Å². The average molecular weight is 263 g/mol. The summed E-state index contributed by atoms with van der Waals surface area (Å²) in [5.74, 6) is 2.33. The molecule has 0 spiro atoms. The van der Waals surface area contributed by atoms with Crippen molar-refractivity contribution >= 4 is 11.8 Å². The van der Waals surface area contributed by atoms with Gasteiger partial charge in [0, 0.05) is 5.75 Å². The largest absolute Gasteiger partial charge is 0.494 e. The molecule has 1 atom stereocenters. The quantitative estimate of drug-likeness (QED) is 0.563. The Bertz CT molecular complexity index is 414. The van der Waals surface area contributed by atoms with E-state index in [4.69, 9.17) is 10.00 Å². The van der Waals surface area contributed by atoms with Gasteiger partial charge in [0.05, 0.1) is 6.61 Å². The molecule has 1 aromatic carbocycles. The molecule has 1 aromatic rings. The van der Waals surface area contributed by atoms with Crippen LogP contribution in [0.4, 0.5) is 0 Å². The number of nitrogens with zero attached hydrogens (tertiary/aromatic N) is 1. The van der Waals surface area contributed by atoms with Gasteiger partial charge >= 0.3 is 0 Å². The minimum absolute atomic E-state index is 0.488. The zero-order valence-electron chi connectivity index (χ0n) is 11.6. The van der Waals surface area contributed by atoms with Crippen LogP contribution in [-0.2, 0) is 0 Å². The highest BCUT2D eigenvalue weighted by Gasteiger charge is 2.13. The smallest absolute Gasteiger partial charge is 0.133 e. The third kappa shape index (κ3) is 3.96. The fourth-order valence-corrected chi connectivity index (χ4v) is 2.95. The van der Waals surface area contributed by atoms with Crippen molar-refractivity contribution in [2.24, 2.45) is 0 Å². The number of thioether (sulfide) groups is 1. The van der Waals surface area contributed by atoms with Crippen molar-refractivity contribution in [3.8, 4) is 11.2 Å². The van der Waals surface area contributed by atoms with Gasteiger partial charge in [0.25, 0.3) is 0 Å². The number of ether oxygens (including phenoxy) is 1. The molecule has 98 valence electrons. The van der Waals surface area contributed by atoms with Crippen molar-refractivity contribution in [2.45, 2.75) is 40.0 Å². The fraction of sp³-hybridized carbons (Fsp3) is 0.533. The van der Waals surface area contributed by atoms with Gasteiger partial charge in [0.2, 0.25) is 0 Å². The maximum absolute atomic E-state index is 8.55. The molecule has 0 heterocycles. The topological polar surface area (TPSA) is 33.0 Å². The molecule has 1 unspecified atom stereocenters. The number of benzene rings is 1. The molecule has 0 saturated carbocycles. The lowest BCUT2D eigenvalue weighted by Crippen LogP contribution is -2.03. The summed E-state index contributed by atoms with van der Waals surface area (Å²) in [7, 11) is 0. The van der Waals surface area contributed by atoms with E-state index in [9.17, 15) is 0 Å². The summed E-state index contributed by atoms with van der Waals surface area (Å²) in [6.07, 6.45) is 1.04. The Hall–Kier alpha value is -1.14. The summed E-state index contributed by atoms with van der Waals surface area (Å²) < 4.78 is 5.55. The highest BCUT2D eigenvalue weighted by Crippen LogP contribution is 2.30. The lowest BCUT2D eigenvalue weighted by Gasteiger charge is -2.18. The molecule has 3 heteroatoms.